The van der Waals surface area contributed by atoms with Gasteiger partial charge in [-0.05, 0) is 38.0 Å². The van der Waals surface area contributed by atoms with Crippen molar-refractivity contribution in [3.8, 4) is 5.69 Å². The molecule has 26 heavy (non-hydrogen) atoms. The second-order valence-electron chi connectivity index (χ2n) is 6.06. The molecule has 1 atom stereocenters. The lowest BCUT2D eigenvalue weighted by molar-refractivity contribution is -0.137. The van der Waals surface area contributed by atoms with E-state index >= 15 is 0 Å². The maximum atomic E-state index is 13.1. The van der Waals surface area contributed by atoms with Gasteiger partial charge in [0.2, 0.25) is 5.91 Å². The highest BCUT2D eigenvalue weighted by atomic mass is 32.2. The molecule has 2 aromatic rings. The molecule has 6 nitrogen and oxygen atoms in total. The Kier molecular flexibility index (Phi) is 4.55. The first-order valence-electron chi connectivity index (χ1n) is 7.83. The van der Waals surface area contributed by atoms with Crippen LogP contribution in [0, 0.1) is 6.92 Å². The second-order valence-corrected chi connectivity index (χ2v) is 8.36. The molecule has 2 heterocycles. The topological polar surface area (TPSA) is 81.1 Å². The number of carbonyl (C=O) groups is 1. The molecule has 10 heteroatoms. The summed E-state index contributed by atoms with van der Waals surface area (Å²) in [5.74, 6) is -0.407. The van der Waals surface area contributed by atoms with Crippen molar-refractivity contribution in [1.82, 2.24) is 9.55 Å². The molecule has 0 aliphatic carbocycles. The maximum absolute atomic E-state index is 13.1. The number of nitrogens with zero attached hydrogens (tertiary/aromatic N) is 2. The molecule has 1 aliphatic rings. The number of rotatable bonds is 3. The number of benzene rings is 1. The predicted octanol–water partition coefficient (Wildman–Crippen LogP) is 2.72. The van der Waals surface area contributed by atoms with Crippen molar-refractivity contribution >= 4 is 21.4 Å². The summed E-state index contributed by atoms with van der Waals surface area (Å²) >= 11 is 0. The van der Waals surface area contributed by atoms with Gasteiger partial charge in [0.25, 0.3) is 0 Å². The lowest BCUT2D eigenvalue weighted by atomic mass is 10.1. The Morgan fingerprint density at radius 1 is 1.35 bits per heavy atom. The minimum absolute atomic E-state index is 0.0961. The van der Waals surface area contributed by atoms with Crippen molar-refractivity contribution in [2.75, 3.05) is 11.1 Å². The van der Waals surface area contributed by atoms with Crippen molar-refractivity contribution in [3.63, 3.8) is 0 Å². The van der Waals surface area contributed by atoms with Gasteiger partial charge in [0.05, 0.1) is 22.7 Å². The normalized spacial score (nSPS) is 19.5. The summed E-state index contributed by atoms with van der Waals surface area (Å²) in [4.78, 5) is 16.4. The van der Waals surface area contributed by atoms with E-state index in [1.807, 2.05) is 0 Å². The minimum Gasteiger partial charge on any atom is -0.323 e. The third-order valence-corrected chi connectivity index (χ3v) is 6.46. The zero-order valence-corrected chi connectivity index (χ0v) is 14.6. The van der Waals surface area contributed by atoms with E-state index in [1.165, 1.54) is 16.8 Å². The summed E-state index contributed by atoms with van der Waals surface area (Å²) in [5.41, 5.74) is -0.784. The summed E-state index contributed by atoms with van der Waals surface area (Å²) in [6.45, 7) is 1.66. The van der Waals surface area contributed by atoms with E-state index in [4.69, 9.17) is 0 Å². The fourth-order valence-corrected chi connectivity index (χ4v) is 4.72. The van der Waals surface area contributed by atoms with Crippen molar-refractivity contribution < 1.29 is 26.4 Å². The number of sulfone groups is 1. The van der Waals surface area contributed by atoms with E-state index in [9.17, 15) is 26.4 Å². The van der Waals surface area contributed by atoms with E-state index in [2.05, 4.69) is 10.3 Å². The van der Waals surface area contributed by atoms with Gasteiger partial charge in [-0.2, -0.15) is 13.2 Å². The van der Waals surface area contributed by atoms with Gasteiger partial charge in [-0.25, -0.2) is 13.4 Å². The number of halogens is 3. The summed E-state index contributed by atoms with van der Waals surface area (Å²) in [7, 11) is -3.57. The van der Waals surface area contributed by atoms with Crippen molar-refractivity contribution in [1.29, 1.82) is 0 Å². The van der Waals surface area contributed by atoms with Crippen LogP contribution in [0.15, 0.2) is 30.6 Å². The van der Waals surface area contributed by atoms with Gasteiger partial charge in [-0.3, -0.25) is 4.79 Å². The maximum Gasteiger partial charge on any atom is 0.416 e. The summed E-state index contributed by atoms with van der Waals surface area (Å²) < 4.78 is 64.5. The zero-order chi connectivity index (χ0) is 19.1. The van der Waals surface area contributed by atoms with Crippen LogP contribution in [0.1, 0.15) is 24.2 Å². The number of hydrogen-bond acceptors (Lipinski definition) is 4. The summed E-state index contributed by atoms with van der Waals surface area (Å²) in [6.07, 6.45) is -1.07. The first-order valence-corrected chi connectivity index (χ1v) is 9.55. The molecular weight excluding hydrogens is 371 g/mol. The third kappa shape index (κ3) is 3.46. The van der Waals surface area contributed by atoms with Crippen LogP contribution in [-0.4, -0.2) is 34.9 Å². The lowest BCUT2D eigenvalue weighted by Crippen LogP contribution is -2.32. The molecule has 0 spiro atoms. The van der Waals surface area contributed by atoms with Gasteiger partial charge in [0, 0.05) is 12.4 Å². The molecule has 1 amide bonds. The number of alkyl halides is 3. The van der Waals surface area contributed by atoms with Crippen LogP contribution in [0.4, 0.5) is 18.9 Å². The number of carbonyl (C=O) groups excluding carboxylic acids is 1. The van der Waals surface area contributed by atoms with Crippen LogP contribution in [0.3, 0.4) is 0 Å². The van der Waals surface area contributed by atoms with E-state index in [0.717, 1.165) is 12.1 Å². The molecule has 3 rings (SSSR count). The standard InChI is InChI=1S/C16H16F3N3O3S/c1-10-20-6-7-22(10)13-5-4-11(16(17,18)19)9-12(13)21-15(23)14-3-2-8-26(14,24)25/h4-7,9,14H,2-3,8H2,1H3,(H,21,23). The van der Waals surface area contributed by atoms with Crippen LogP contribution in [-0.2, 0) is 20.8 Å². The fraction of sp³-hybridized carbons (Fsp3) is 0.375. The highest BCUT2D eigenvalue weighted by molar-refractivity contribution is 7.93. The molecule has 1 unspecified atom stereocenters. The Hall–Kier alpha value is -2.36. The first kappa shape index (κ1) is 18.4. The van der Waals surface area contributed by atoms with Gasteiger partial charge in [0.15, 0.2) is 9.84 Å². The molecule has 1 N–H and O–H groups in total. The SMILES string of the molecule is Cc1nccn1-c1ccc(C(F)(F)F)cc1NC(=O)C1CCCS1(=O)=O. The minimum atomic E-state index is -4.60. The van der Waals surface area contributed by atoms with Crippen LogP contribution >= 0.6 is 0 Å². The van der Waals surface area contributed by atoms with Gasteiger partial charge in [0.1, 0.15) is 11.1 Å². The Bertz CT molecular complexity index is 951. The average Bonchev–Trinajstić information content (AvgIpc) is 3.11. The number of imidazole rings is 1. The molecule has 1 aromatic heterocycles. The monoisotopic (exact) mass is 387 g/mol. The van der Waals surface area contributed by atoms with Crippen molar-refractivity contribution in [3.05, 3.63) is 42.0 Å². The number of nitrogens with one attached hydrogen (secondary N) is 1. The number of anilines is 1. The molecule has 1 aromatic carbocycles. The second kappa shape index (κ2) is 6.42. The van der Waals surface area contributed by atoms with E-state index in [1.54, 1.807) is 13.1 Å². The highest BCUT2D eigenvalue weighted by Gasteiger charge is 2.38. The number of aromatic nitrogens is 2. The Balaban J connectivity index is 2.03. The van der Waals surface area contributed by atoms with Gasteiger partial charge < -0.3 is 9.88 Å². The summed E-state index contributed by atoms with van der Waals surface area (Å²) in [5, 5.41) is 1.13. The first-order chi connectivity index (χ1) is 12.1. The predicted molar refractivity (Wildman–Crippen MR) is 88.7 cm³/mol. The van der Waals surface area contributed by atoms with E-state index in [0.29, 0.717) is 12.2 Å². The fourth-order valence-electron chi connectivity index (χ4n) is 2.95. The van der Waals surface area contributed by atoms with Crippen LogP contribution < -0.4 is 5.32 Å². The van der Waals surface area contributed by atoms with Crippen LogP contribution in [0.5, 0.6) is 0 Å². The number of amides is 1. The molecule has 0 bridgehead atoms. The third-order valence-electron chi connectivity index (χ3n) is 4.29. The smallest absolute Gasteiger partial charge is 0.323 e. The number of aryl methyl sites for hydroxylation is 1. The van der Waals surface area contributed by atoms with Crippen LogP contribution in [0.2, 0.25) is 0 Å². The molecule has 1 aliphatic heterocycles. The largest absolute Gasteiger partial charge is 0.416 e. The molecule has 140 valence electrons. The van der Waals surface area contributed by atoms with Gasteiger partial charge >= 0.3 is 6.18 Å². The molecule has 0 saturated carbocycles. The van der Waals surface area contributed by atoms with Crippen molar-refractivity contribution in [2.24, 2.45) is 0 Å². The van der Waals surface area contributed by atoms with Crippen molar-refractivity contribution in [2.45, 2.75) is 31.2 Å². The quantitative estimate of drug-likeness (QED) is 0.878. The molecule has 0 radical (unpaired) electrons. The Labute approximate surface area is 148 Å². The highest BCUT2D eigenvalue weighted by Crippen LogP contribution is 2.34. The van der Waals surface area contributed by atoms with E-state index in [-0.39, 0.29) is 23.5 Å². The molecular formula is C16H16F3N3O3S. The molecule has 1 saturated heterocycles. The van der Waals surface area contributed by atoms with Gasteiger partial charge in [-0.1, -0.05) is 0 Å². The number of hydrogen-bond donors (Lipinski definition) is 1. The van der Waals surface area contributed by atoms with Gasteiger partial charge in [-0.15, -0.1) is 0 Å². The zero-order valence-electron chi connectivity index (χ0n) is 13.7. The summed E-state index contributed by atoms with van der Waals surface area (Å²) in [6, 6.07) is 2.92. The van der Waals surface area contributed by atoms with Crippen LogP contribution in [0.25, 0.3) is 5.69 Å². The molecule has 1 fully saturated rings. The Morgan fingerprint density at radius 3 is 2.62 bits per heavy atom. The van der Waals surface area contributed by atoms with E-state index < -0.39 is 32.7 Å². The Morgan fingerprint density at radius 2 is 2.08 bits per heavy atom. The lowest BCUT2D eigenvalue weighted by Gasteiger charge is -2.17. The average molecular weight is 387 g/mol.